The molecule has 1 unspecified atom stereocenters. The zero-order chi connectivity index (χ0) is 12.8. The third-order valence-corrected chi connectivity index (χ3v) is 2.06. The lowest BCUT2D eigenvalue weighted by atomic mass is 10.2. The van der Waals surface area contributed by atoms with Crippen LogP contribution in [-0.2, 0) is 4.74 Å². The molecule has 0 amide bonds. The first-order chi connectivity index (χ1) is 8.10. The van der Waals surface area contributed by atoms with E-state index in [9.17, 15) is 9.90 Å². The fraction of sp³-hybridized carbons (Fsp3) is 0.364. The highest BCUT2D eigenvalue weighted by molar-refractivity contribution is 5.93. The lowest BCUT2D eigenvalue weighted by Crippen LogP contribution is -2.22. The maximum absolute atomic E-state index is 11.5. The first-order valence-electron chi connectivity index (χ1n) is 4.92. The molecule has 1 aromatic carbocycles. The van der Waals surface area contributed by atoms with Crippen molar-refractivity contribution in [3.05, 3.63) is 23.8 Å². The van der Waals surface area contributed by atoms with Gasteiger partial charge in [-0.25, -0.2) is 4.79 Å². The van der Waals surface area contributed by atoms with Crippen molar-refractivity contribution in [2.24, 2.45) is 0 Å². The summed E-state index contributed by atoms with van der Waals surface area (Å²) in [6.07, 6.45) is -1.13. The van der Waals surface area contributed by atoms with Crippen LogP contribution in [0, 0.1) is 0 Å². The van der Waals surface area contributed by atoms with E-state index in [0.29, 0.717) is 0 Å². The fourth-order valence-electron chi connectivity index (χ4n) is 1.15. The summed E-state index contributed by atoms with van der Waals surface area (Å²) < 4.78 is 9.53. The van der Waals surface area contributed by atoms with E-state index in [1.54, 1.807) is 0 Å². The van der Waals surface area contributed by atoms with E-state index in [-0.39, 0.29) is 23.7 Å². The standard InChI is InChI=1S/C11H14O6/c1-16-9-4-2-3-8(10(9)14)11(15)17-6-7(13)5-12/h2-4,7,12-14H,5-6H2,1H3. The van der Waals surface area contributed by atoms with Crippen LogP contribution >= 0.6 is 0 Å². The molecule has 0 aromatic heterocycles. The first-order valence-corrected chi connectivity index (χ1v) is 4.92. The Morgan fingerprint density at radius 2 is 2.18 bits per heavy atom. The van der Waals surface area contributed by atoms with Gasteiger partial charge in [0.1, 0.15) is 18.3 Å². The zero-order valence-corrected chi connectivity index (χ0v) is 9.29. The molecule has 1 atom stereocenters. The second-order valence-corrected chi connectivity index (χ2v) is 3.29. The molecule has 0 aliphatic carbocycles. The monoisotopic (exact) mass is 242 g/mol. The minimum absolute atomic E-state index is 0.0607. The van der Waals surface area contributed by atoms with E-state index in [4.69, 9.17) is 19.7 Å². The van der Waals surface area contributed by atoms with E-state index >= 15 is 0 Å². The molecule has 0 radical (unpaired) electrons. The number of benzene rings is 1. The molecular weight excluding hydrogens is 228 g/mol. The van der Waals surface area contributed by atoms with Gasteiger partial charge in [0, 0.05) is 0 Å². The molecular formula is C11H14O6. The maximum Gasteiger partial charge on any atom is 0.342 e. The number of rotatable bonds is 5. The average molecular weight is 242 g/mol. The Morgan fingerprint density at radius 3 is 2.76 bits per heavy atom. The van der Waals surface area contributed by atoms with Gasteiger partial charge in [-0.1, -0.05) is 6.07 Å². The van der Waals surface area contributed by atoms with Gasteiger partial charge in [0.25, 0.3) is 0 Å². The van der Waals surface area contributed by atoms with Crippen LogP contribution < -0.4 is 4.74 Å². The molecule has 0 fully saturated rings. The number of aliphatic hydroxyl groups is 2. The summed E-state index contributed by atoms with van der Waals surface area (Å²) in [4.78, 5) is 11.5. The first kappa shape index (κ1) is 13.3. The smallest absolute Gasteiger partial charge is 0.342 e. The topological polar surface area (TPSA) is 96.2 Å². The number of hydrogen-bond acceptors (Lipinski definition) is 6. The van der Waals surface area contributed by atoms with Crippen LogP contribution in [0.1, 0.15) is 10.4 Å². The third kappa shape index (κ3) is 3.33. The lowest BCUT2D eigenvalue weighted by molar-refractivity contribution is 0.00910. The zero-order valence-electron chi connectivity index (χ0n) is 9.29. The van der Waals surface area contributed by atoms with Gasteiger partial charge in [-0.3, -0.25) is 0 Å². The van der Waals surface area contributed by atoms with E-state index in [1.807, 2.05) is 0 Å². The van der Waals surface area contributed by atoms with Gasteiger partial charge in [0.05, 0.1) is 13.7 Å². The molecule has 0 saturated carbocycles. The molecule has 1 rings (SSSR count). The summed E-state index contributed by atoms with van der Waals surface area (Å²) >= 11 is 0. The van der Waals surface area contributed by atoms with Crippen molar-refractivity contribution in [1.82, 2.24) is 0 Å². The summed E-state index contributed by atoms with van der Waals surface area (Å²) in [7, 11) is 1.36. The van der Waals surface area contributed by atoms with E-state index in [1.165, 1.54) is 25.3 Å². The number of para-hydroxylation sites is 1. The summed E-state index contributed by atoms with van der Waals surface area (Å²) in [5, 5.41) is 27.2. The van der Waals surface area contributed by atoms with Crippen molar-refractivity contribution >= 4 is 5.97 Å². The Morgan fingerprint density at radius 1 is 1.47 bits per heavy atom. The number of phenols is 1. The molecule has 0 bridgehead atoms. The molecule has 0 aliphatic heterocycles. The average Bonchev–Trinajstić information content (AvgIpc) is 2.35. The van der Waals surface area contributed by atoms with E-state index < -0.39 is 18.7 Å². The summed E-state index contributed by atoms with van der Waals surface area (Å²) in [5.74, 6) is -0.963. The molecule has 0 saturated heterocycles. The number of aliphatic hydroxyl groups excluding tert-OH is 2. The highest BCUT2D eigenvalue weighted by Crippen LogP contribution is 2.29. The van der Waals surface area contributed by atoms with Crippen LogP contribution in [-0.4, -0.2) is 47.7 Å². The van der Waals surface area contributed by atoms with Crippen LogP contribution in [0.3, 0.4) is 0 Å². The number of aromatic hydroxyl groups is 1. The number of hydrogen-bond donors (Lipinski definition) is 3. The van der Waals surface area contributed by atoms with Gasteiger partial charge >= 0.3 is 5.97 Å². The Labute approximate surface area is 98.0 Å². The number of carbonyl (C=O) groups excluding carboxylic acids is 1. The Balaban J connectivity index is 2.75. The second kappa shape index (κ2) is 6.07. The molecule has 6 heteroatoms. The van der Waals surface area contributed by atoms with Gasteiger partial charge in [0.15, 0.2) is 11.5 Å². The molecule has 3 N–H and O–H groups in total. The number of methoxy groups -OCH3 is 1. The highest BCUT2D eigenvalue weighted by Gasteiger charge is 2.17. The number of carbonyl (C=O) groups is 1. The molecule has 1 aromatic rings. The minimum atomic E-state index is -1.13. The minimum Gasteiger partial charge on any atom is -0.504 e. The van der Waals surface area contributed by atoms with Gasteiger partial charge in [-0.05, 0) is 12.1 Å². The van der Waals surface area contributed by atoms with Crippen LogP contribution in [0.5, 0.6) is 11.5 Å². The Hall–Kier alpha value is -1.79. The SMILES string of the molecule is COc1cccc(C(=O)OCC(O)CO)c1O. The molecule has 0 heterocycles. The largest absolute Gasteiger partial charge is 0.504 e. The predicted octanol–water partition coefficient (Wildman–Crippen LogP) is -0.0892. The van der Waals surface area contributed by atoms with Crippen LogP contribution in [0.25, 0.3) is 0 Å². The molecule has 6 nitrogen and oxygen atoms in total. The normalized spacial score (nSPS) is 11.9. The number of phenolic OH excluding ortho intramolecular Hbond substituents is 1. The summed E-state index contributed by atoms with van der Waals surface area (Å²) in [5.41, 5.74) is -0.0607. The fourth-order valence-corrected chi connectivity index (χ4v) is 1.15. The summed E-state index contributed by atoms with van der Waals surface area (Å²) in [6, 6.07) is 4.39. The third-order valence-electron chi connectivity index (χ3n) is 2.06. The van der Waals surface area contributed by atoms with Crippen LogP contribution in [0.15, 0.2) is 18.2 Å². The van der Waals surface area contributed by atoms with Gasteiger partial charge in [-0.15, -0.1) is 0 Å². The highest BCUT2D eigenvalue weighted by atomic mass is 16.5. The van der Waals surface area contributed by atoms with Crippen molar-refractivity contribution in [1.29, 1.82) is 0 Å². The van der Waals surface area contributed by atoms with Crippen molar-refractivity contribution in [3.63, 3.8) is 0 Å². The number of esters is 1. The molecule has 0 aliphatic rings. The van der Waals surface area contributed by atoms with Crippen molar-refractivity contribution in [3.8, 4) is 11.5 Å². The molecule has 94 valence electrons. The predicted molar refractivity (Wildman–Crippen MR) is 58.0 cm³/mol. The molecule has 0 spiro atoms. The summed E-state index contributed by atoms with van der Waals surface area (Å²) in [6.45, 7) is -0.844. The Bertz CT molecular complexity index is 390. The second-order valence-electron chi connectivity index (χ2n) is 3.29. The van der Waals surface area contributed by atoms with Gasteiger partial charge in [0.2, 0.25) is 0 Å². The van der Waals surface area contributed by atoms with Crippen molar-refractivity contribution < 1.29 is 29.6 Å². The van der Waals surface area contributed by atoms with E-state index in [0.717, 1.165) is 0 Å². The number of ether oxygens (including phenoxy) is 2. The van der Waals surface area contributed by atoms with Crippen LogP contribution in [0.2, 0.25) is 0 Å². The van der Waals surface area contributed by atoms with Crippen molar-refractivity contribution in [2.45, 2.75) is 6.10 Å². The lowest BCUT2D eigenvalue weighted by Gasteiger charge is -2.10. The van der Waals surface area contributed by atoms with Gasteiger partial charge < -0.3 is 24.8 Å². The van der Waals surface area contributed by atoms with Crippen LogP contribution in [0.4, 0.5) is 0 Å². The van der Waals surface area contributed by atoms with Crippen molar-refractivity contribution in [2.75, 3.05) is 20.3 Å². The Kier molecular flexibility index (Phi) is 4.74. The van der Waals surface area contributed by atoms with Gasteiger partial charge in [-0.2, -0.15) is 0 Å². The quantitative estimate of drug-likeness (QED) is 0.624. The van der Waals surface area contributed by atoms with E-state index in [2.05, 4.69) is 0 Å². The maximum atomic E-state index is 11.5. The molecule has 17 heavy (non-hydrogen) atoms.